The predicted octanol–water partition coefficient (Wildman–Crippen LogP) is 1.85. The summed E-state index contributed by atoms with van der Waals surface area (Å²) in [5, 5.41) is 24.9. The van der Waals surface area contributed by atoms with Gasteiger partial charge in [0.15, 0.2) is 6.10 Å². The fraction of sp³-hybridized carbons (Fsp3) is 0.276. The Morgan fingerprint density at radius 2 is 1.62 bits per heavy atom. The number of carbonyl (C=O) groups is 3. The molecule has 4 atom stereocenters. The lowest BCUT2D eigenvalue weighted by Crippen LogP contribution is -2.49. The van der Waals surface area contributed by atoms with Crippen LogP contribution in [0.3, 0.4) is 0 Å². The minimum atomic E-state index is -1.62. The molecule has 10 nitrogen and oxygen atoms in total. The molecule has 3 aromatic rings. The van der Waals surface area contributed by atoms with Crippen LogP contribution in [0.2, 0.25) is 0 Å². The molecule has 0 aliphatic carbocycles. The van der Waals surface area contributed by atoms with Gasteiger partial charge in [-0.15, -0.1) is 0 Å². The summed E-state index contributed by atoms with van der Waals surface area (Å²) in [4.78, 5) is 37.1. The average molecular weight is 533 g/mol. The Morgan fingerprint density at radius 1 is 0.949 bits per heavy atom. The molecule has 2 unspecified atom stereocenters. The zero-order chi connectivity index (χ0) is 27.8. The maximum Gasteiger partial charge on any atom is 0.332 e. The highest BCUT2D eigenvalue weighted by Crippen LogP contribution is 2.21. The standard InChI is InChI=1S/C29H32N4O6/c1-39-25-10-6-5-9-22(25)27(35)31-26-17-23(32-33-26)28(36)30-21(16-24(34)29(37)38)15-18-11-13-20(14-12-18)19-7-3-2-4-8-19/h2-14,21,23-24,26,32-34H,15-17H2,1H3,(H,30,36)(H,31,35)(H,37,38)/t21-,23?,24-,26?/m1/s1. The van der Waals surface area contributed by atoms with Crippen molar-refractivity contribution >= 4 is 17.8 Å². The summed E-state index contributed by atoms with van der Waals surface area (Å²) in [5.74, 6) is -1.64. The molecule has 0 spiro atoms. The Hall–Kier alpha value is -4.25. The van der Waals surface area contributed by atoms with Crippen LogP contribution in [0.25, 0.3) is 11.1 Å². The topological polar surface area (TPSA) is 149 Å². The largest absolute Gasteiger partial charge is 0.496 e. The van der Waals surface area contributed by atoms with Crippen molar-refractivity contribution in [2.75, 3.05) is 7.11 Å². The van der Waals surface area contributed by atoms with Crippen LogP contribution in [-0.4, -0.2) is 59.5 Å². The van der Waals surface area contributed by atoms with Gasteiger partial charge in [0.05, 0.1) is 18.8 Å². The van der Waals surface area contributed by atoms with Crippen molar-refractivity contribution in [2.45, 2.75) is 43.6 Å². The summed E-state index contributed by atoms with van der Waals surface area (Å²) in [6.07, 6.45) is -1.71. The highest BCUT2D eigenvalue weighted by Gasteiger charge is 2.32. The number of carboxylic acid groups (broad SMARTS) is 1. The molecule has 6 N–H and O–H groups in total. The minimum Gasteiger partial charge on any atom is -0.496 e. The van der Waals surface area contributed by atoms with Crippen molar-refractivity contribution in [1.82, 2.24) is 21.5 Å². The van der Waals surface area contributed by atoms with E-state index in [0.717, 1.165) is 16.7 Å². The molecule has 0 aromatic heterocycles. The fourth-order valence-corrected chi connectivity index (χ4v) is 4.50. The molecule has 10 heteroatoms. The number of aliphatic hydroxyl groups excluding tert-OH is 1. The third-order valence-electron chi connectivity index (χ3n) is 6.56. The van der Waals surface area contributed by atoms with Crippen molar-refractivity contribution in [3.05, 3.63) is 90.0 Å². The zero-order valence-corrected chi connectivity index (χ0v) is 21.5. The number of aliphatic hydroxyl groups is 1. The van der Waals surface area contributed by atoms with E-state index in [4.69, 9.17) is 4.74 Å². The normalized spacial score (nSPS) is 18.1. The molecule has 0 bridgehead atoms. The molecule has 3 aromatic carbocycles. The number of nitrogens with one attached hydrogen (secondary N) is 4. The van der Waals surface area contributed by atoms with Gasteiger partial charge in [-0.25, -0.2) is 15.6 Å². The van der Waals surface area contributed by atoms with Crippen molar-refractivity contribution in [3.8, 4) is 16.9 Å². The molecule has 4 rings (SSSR count). The van der Waals surface area contributed by atoms with Gasteiger partial charge in [0.2, 0.25) is 5.91 Å². The van der Waals surface area contributed by atoms with Crippen molar-refractivity contribution in [3.63, 3.8) is 0 Å². The number of methoxy groups -OCH3 is 1. The monoisotopic (exact) mass is 532 g/mol. The zero-order valence-electron chi connectivity index (χ0n) is 21.5. The number of benzene rings is 3. The number of hydrogen-bond acceptors (Lipinski definition) is 7. The Balaban J connectivity index is 1.37. The lowest BCUT2D eigenvalue weighted by molar-refractivity contribution is -0.147. The average Bonchev–Trinajstić information content (AvgIpc) is 3.42. The van der Waals surface area contributed by atoms with E-state index in [1.165, 1.54) is 7.11 Å². The van der Waals surface area contributed by atoms with Gasteiger partial charge in [0.25, 0.3) is 5.91 Å². The van der Waals surface area contributed by atoms with E-state index in [1.54, 1.807) is 24.3 Å². The molecule has 1 heterocycles. The third-order valence-corrected chi connectivity index (χ3v) is 6.56. The summed E-state index contributed by atoms with van der Waals surface area (Å²) >= 11 is 0. The lowest BCUT2D eigenvalue weighted by Gasteiger charge is -2.22. The van der Waals surface area contributed by atoms with E-state index < -0.39 is 30.3 Å². The van der Waals surface area contributed by atoms with Gasteiger partial charge in [-0.05, 0) is 35.2 Å². The van der Waals surface area contributed by atoms with Gasteiger partial charge in [-0.1, -0.05) is 66.7 Å². The first-order chi connectivity index (χ1) is 18.8. The molecule has 39 heavy (non-hydrogen) atoms. The van der Waals surface area contributed by atoms with Crippen LogP contribution < -0.4 is 26.2 Å². The van der Waals surface area contributed by atoms with E-state index in [1.807, 2.05) is 54.6 Å². The maximum atomic E-state index is 13.1. The van der Waals surface area contributed by atoms with Crippen LogP contribution in [-0.2, 0) is 16.0 Å². The van der Waals surface area contributed by atoms with Gasteiger partial charge in [-0.2, -0.15) is 0 Å². The van der Waals surface area contributed by atoms with E-state index in [2.05, 4.69) is 21.5 Å². The van der Waals surface area contributed by atoms with Crippen LogP contribution in [0.4, 0.5) is 0 Å². The number of hydrogen-bond donors (Lipinski definition) is 6. The Kier molecular flexibility index (Phi) is 9.27. The molecular weight excluding hydrogens is 500 g/mol. The van der Waals surface area contributed by atoms with Gasteiger partial charge in [0.1, 0.15) is 11.8 Å². The highest BCUT2D eigenvalue weighted by molar-refractivity contribution is 5.97. The number of amides is 2. The first-order valence-corrected chi connectivity index (χ1v) is 12.6. The predicted molar refractivity (Wildman–Crippen MR) is 145 cm³/mol. The first-order valence-electron chi connectivity index (χ1n) is 12.6. The lowest BCUT2D eigenvalue weighted by atomic mass is 9.97. The van der Waals surface area contributed by atoms with Gasteiger partial charge in [0, 0.05) is 18.9 Å². The van der Waals surface area contributed by atoms with E-state index in [-0.39, 0.29) is 24.7 Å². The second kappa shape index (κ2) is 13.0. The van der Waals surface area contributed by atoms with Crippen LogP contribution >= 0.6 is 0 Å². The Bertz CT molecular complexity index is 1280. The SMILES string of the molecule is COc1ccccc1C(=O)NC1CC(C(=O)N[C@H](Cc2ccc(-c3ccccc3)cc2)C[C@@H](O)C(=O)O)NN1. The summed E-state index contributed by atoms with van der Waals surface area (Å²) in [6, 6.07) is 23.2. The quantitative estimate of drug-likeness (QED) is 0.219. The summed E-state index contributed by atoms with van der Waals surface area (Å²) in [5.41, 5.74) is 9.14. The van der Waals surface area contributed by atoms with Crippen LogP contribution in [0.1, 0.15) is 28.8 Å². The number of hydrazine groups is 1. The number of aliphatic carboxylic acids is 1. The number of ether oxygens (including phenoxy) is 1. The molecule has 204 valence electrons. The first kappa shape index (κ1) is 27.8. The molecule has 1 aliphatic heterocycles. The van der Waals surface area contributed by atoms with E-state index >= 15 is 0 Å². The molecule has 0 radical (unpaired) electrons. The molecule has 1 saturated heterocycles. The van der Waals surface area contributed by atoms with Gasteiger partial charge in [-0.3, -0.25) is 9.59 Å². The number of para-hydroxylation sites is 1. The minimum absolute atomic E-state index is 0.157. The molecule has 2 amide bonds. The molecule has 1 fully saturated rings. The van der Waals surface area contributed by atoms with Crippen LogP contribution in [0.15, 0.2) is 78.9 Å². The van der Waals surface area contributed by atoms with Crippen molar-refractivity contribution in [2.24, 2.45) is 0 Å². The molecule has 1 aliphatic rings. The van der Waals surface area contributed by atoms with Gasteiger partial charge < -0.3 is 25.6 Å². The highest BCUT2D eigenvalue weighted by atomic mass is 16.5. The smallest absolute Gasteiger partial charge is 0.332 e. The molecular formula is C29H32N4O6. The summed E-state index contributed by atoms with van der Waals surface area (Å²) in [6.45, 7) is 0. The maximum absolute atomic E-state index is 13.1. The number of carbonyl (C=O) groups excluding carboxylic acids is 2. The van der Waals surface area contributed by atoms with E-state index in [9.17, 15) is 24.6 Å². The molecule has 0 saturated carbocycles. The summed E-state index contributed by atoms with van der Waals surface area (Å²) < 4.78 is 5.24. The van der Waals surface area contributed by atoms with Crippen LogP contribution in [0.5, 0.6) is 5.75 Å². The fourth-order valence-electron chi connectivity index (χ4n) is 4.50. The second-order valence-electron chi connectivity index (χ2n) is 9.37. The van der Waals surface area contributed by atoms with Crippen molar-refractivity contribution in [1.29, 1.82) is 0 Å². The second-order valence-corrected chi connectivity index (χ2v) is 9.37. The van der Waals surface area contributed by atoms with E-state index in [0.29, 0.717) is 17.7 Å². The third kappa shape index (κ3) is 7.41. The Labute approximate surface area is 226 Å². The van der Waals surface area contributed by atoms with Crippen molar-refractivity contribution < 1.29 is 29.3 Å². The Morgan fingerprint density at radius 3 is 2.31 bits per heavy atom. The number of rotatable bonds is 11. The van der Waals surface area contributed by atoms with Crippen LogP contribution in [0, 0.1) is 0 Å². The number of carboxylic acids is 1. The van der Waals surface area contributed by atoms with Gasteiger partial charge >= 0.3 is 5.97 Å². The summed E-state index contributed by atoms with van der Waals surface area (Å²) in [7, 11) is 1.48.